The van der Waals surface area contributed by atoms with Crippen LogP contribution in [0.25, 0.3) is 33.4 Å². The molecule has 0 saturated heterocycles. The van der Waals surface area contributed by atoms with E-state index in [1.54, 1.807) is 0 Å². The van der Waals surface area contributed by atoms with Gasteiger partial charge in [-0.25, -0.2) is 0 Å². The molecule has 0 radical (unpaired) electrons. The minimum Gasteiger partial charge on any atom is -0.255 e. The second kappa shape index (κ2) is 9.80. The SMILES string of the molecule is CC(C)(C)c1ccccc1-c1ccc(O[PH+]=O)c(-c2ccccc2)c1-c1ccccc1C(C)(C)C. The van der Waals surface area contributed by atoms with Gasteiger partial charge < -0.3 is 0 Å². The van der Waals surface area contributed by atoms with Crippen molar-refractivity contribution in [1.82, 2.24) is 0 Å². The summed E-state index contributed by atoms with van der Waals surface area (Å²) in [5.74, 6) is 0.625. The molecule has 3 heteroatoms. The van der Waals surface area contributed by atoms with Gasteiger partial charge in [0.25, 0.3) is 0 Å². The zero-order valence-electron chi connectivity index (χ0n) is 21.5. The summed E-state index contributed by atoms with van der Waals surface area (Å²) in [6.07, 6.45) is 0. The van der Waals surface area contributed by atoms with E-state index in [-0.39, 0.29) is 10.8 Å². The first kappa shape index (κ1) is 24.9. The van der Waals surface area contributed by atoms with Gasteiger partial charge in [-0.2, -0.15) is 0 Å². The number of rotatable bonds is 5. The summed E-state index contributed by atoms with van der Waals surface area (Å²) in [5, 5.41) is 0. The molecule has 35 heavy (non-hydrogen) atoms. The molecule has 1 atom stereocenters. The highest BCUT2D eigenvalue weighted by Crippen LogP contribution is 2.49. The molecule has 0 heterocycles. The minimum atomic E-state index is -0.881. The Labute approximate surface area is 211 Å². The van der Waals surface area contributed by atoms with Crippen molar-refractivity contribution in [2.24, 2.45) is 0 Å². The average Bonchev–Trinajstić information content (AvgIpc) is 2.83. The molecule has 0 spiro atoms. The van der Waals surface area contributed by atoms with Crippen molar-refractivity contribution < 1.29 is 9.09 Å². The number of hydrogen-bond donors (Lipinski definition) is 0. The minimum absolute atomic E-state index is 0.0319. The van der Waals surface area contributed by atoms with Crippen LogP contribution in [0.1, 0.15) is 52.7 Å². The first-order valence-electron chi connectivity index (χ1n) is 12.1. The monoisotopic (exact) mass is 481 g/mol. The molecular weight excluding hydrogens is 447 g/mol. The van der Waals surface area contributed by atoms with E-state index in [9.17, 15) is 4.57 Å². The third-order valence-electron chi connectivity index (χ3n) is 6.41. The Morgan fingerprint density at radius 2 is 1.06 bits per heavy atom. The largest absolute Gasteiger partial charge is 0.542 e. The smallest absolute Gasteiger partial charge is 0.255 e. The summed E-state index contributed by atoms with van der Waals surface area (Å²) < 4.78 is 17.4. The summed E-state index contributed by atoms with van der Waals surface area (Å²) in [7, 11) is -0.881. The van der Waals surface area contributed by atoms with Crippen LogP contribution in [0.4, 0.5) is 0 Å². The van der Waals surface area contributed by atoms with Gasteiger partial charge in [-0.1, -0.05) is 120 Å². The molecule has 0 aliphatic heterocycles. The summed E-state index contributed by atoms with van der Waals surface area (Å²) in [6, 6.07) is 31.6. The molecule has 0 aromatic heterocycles. The molecule has 4 rings (SSSR count). The third kappa shape index (κ3) is 5.09. The topological polar surface area (TPSA) is 26.3 Å². The van der Waals surface area contributed by atoms with Crippen LogP contribution in [0.3, 0.4) is 0 Å². The first-order valence-corrected chi connectivity index (χ1v) is 12.9. The van der Waals surface area contributed by atoms with Gasteiger partial charge in [0, 0.05) is 11.1 Å². The van der Waals surface area contributed by atoms with Crippen LogP contribution < -0.4 is 4.52 Å². The van der Waals surface area contributed by atoms with Gasteiger partial charge in [-0.05, 0) is 60.9 Å². The van der Waals surface area contributed by atoms with Crippen LogP contribution in [0.5, 0.6) is 5.75 Å². The van der Waals surface area contributed by atoms with Gasteiger partial charge in [0.1, 0.15) is 0 Å². The van der Waals surface area contributed by atoms with E-state index in [1.807, 2.05) is 24.3 Å². The fraction of sp³-hybridized carbons (Fsp3) is 0.250. The second-order valence-corrected chi connectivity index (χ2v) is 11.4. The molecule has 0 amide bonds. The Kier molecular flexibility index (Phi) is 6.97. The van der Waals surface area contributed by atoms with E-state index in [0.717, 1.165) is 27.8 Å². The van der Waals surface area contributed by atoms with Gasteiger partial charge in [0.05, 0.1) is 0 Å². The van der Waals surface area contributed by atoms with Gasteiger partial charge in [-0.15, -0.1) is 0 Å². The van der Waals surface area contributed by atoms with E-state index in [1.165, 1.54) is 16.7 Å². The Morgan fingerprint density at radius 3 is 1.63 bits per heavy atom. The lowest BCUT2D eigenvalue weighted by Gasteiger charge is -2.28. The highest BCUT2D eigenvalue weighted by Gasteiger charge is 2.28. The molecule has 4 aromatic rings. The molecule has 0 fully saturated rings. The van der Waals surface area contributed by atoms with Crippen LogP contribution in [-0.2, 0) is 15.4 Å². The standard InChI is InChI=1S/C32H34O2P/c1-31(2,3)26-18-12-10-16-23(26)24-20-21-28(34-35-33)29(22-14-8-7-9-15-22)30(24)25-17-11-13-19-27(25)32(4,5)6/h7-21,35H,1-6H3/q+1. The van der Waals surface area contributed by atoms with Crippen LogP contribution in [0.2, 0.25) is 0 Å². The van der Waals surface area contributed by atoms with Crippen molar-refractivity contribution in [1.29, 1.82) is 0 Å². The molecule has 2 nitrogen and oxygen atoms in total. The lowest BCUT2D eigenvalue weighted by molar-refractivity contribution is 0.526. The van der Waals surface area contributed by atoms with Crippen molar-refractivity contribution in [3.63, 3.8) is 0 Å². The van der Waals surface area contributed by atoms with Gasteiger partial charge >= 0.3 is 8.69 Å². The van der Waals surface area contributed by atoms with Gasteiger partial charge in [0.15, 0.2) is 5.75 Å². The van der Waals surface area contributed by atoms with Crippen LogP contribution in [0, 0.1) is 0 Å². The van der Waals surface area contributed by atoms with E-state index in [0.29, 0.717) is 5.75 Å². The maximum Gasteiger partial charge on any atom is 0.542 e. The molecule has 0 aliphatic carbocycles. The van der Waals surface area contributed by atoms with Crippen molar-refractivity contribution in [2.75, 3.05) is 0 Å². The Balaban J connectivity index is 2.21. The van der Waals surface area contributed by atoms with Gasteiger partial charge in [-0.3, -0.25) is 4.52 Å². The first-order chi connectivity index (χ1) is 16.6. The predicted molar refractivity (Wildman–Crippen MR) is 150 cm³/mol. The van der Waals surface area contributed by atoms with Crippen molar-refractivity contribution in [3.8, 4) is 39.1 Å². The number of benzene rings is 4. The third-order valence-corrected chi connectivity index (χ3v) is 6.71. The lowest BCUT2D eigenvalue weighted by Crippen LogP contribution is -2.14. The molecule has 0 bridgehead atoms. The summed E-state index contributed by atoms with van der Waals surface area (Å²) >= 11 is 0. The molecule has 0 saturated carbocycles. The zero-order valence-corrected chi connectivity index (χ0v) is 22.5. The summed E-state index contributed by atoms with van der Waals surface area (Å²) in [5.41, 5.74) is 9.06. The summed E-state index contributed by atoms with van der Waals surface area (Å²) in [6.45, 7) is 13.5. The van der Waals surface area contributed by atoms with Crippen molar-refractivity contribution in [2.45, 2.75) is 52.4 Å². The van der Waals surface area contributed by atoms with E-state index >= 15 is 0 Å². The Bertz CT molecular complexity index is 1340. The maximum absolute atomic E-state index is 11.7. The average molecular weight is 482 g/mol. The maximum atomic E-state index is 11.7. The second-order valence-electron chi connectivity index (χ2n) is 11.0. The van der Waals surface area contributed by atoms with Crippen molar-refractivity contribution >= 4 is 8.69 Å². The Hall–Kier alpha value is -3.22. The molecular formula is C32H34O2P+. The van der Waals surface area contributed by atoms with Crippen LogP contribution in [0.15, 0.2) is 91.0 Å². The molecule has 1 unspecified atom stereocenters. The molecule has 0 N–H and O–H groups in total. The van der Waals surface area contributed by atoms with Crippen LogP contribution in [-0.4, -0.2) is 0 Å². The van der Waals surface area contributed by atoms with E-state index < -0.39 is 8.69 Å². The molecule has 178 valence electrons. The van der Waals surface area contributed by atoms with Crippen LogP contribution >= 0.6 is 8.69 Å². The molecule has 4 aromatic carbocycles. The quantitative estimate of drug-likeness (QED) is 0.265. The van der Waals surface area contributed by atoms with Gasteiger partial charge in [0.2, 0.25) is 0 Å². The highest BCUT2D eigenvalue weighted by atomic mass is 31.1. The van der Waals surface area contributed by atoms with E-state index in [2.05, 4.69) is 108 Å². The molecule has 0 aliphatic rings. The predicted octanol–water partition coefficient (Wildman–Crippen LogP) is 9.60. The van der Waals surface area contributed by atoms with Crippen molar-refractivity contribution in [3.05, 3.63) is 102 Å². The summed E-state index contributed by atoms with van der Waals surface area (Å²) in [4.78, 5) is 0. The highest BCUT2D eigenvalue weighted by molar-refractivity contribution is 7.17. The fourth-order valence-electron chi connectivity index (χ4n) is 4.84. The number of hydrogen-bond acceptors (Lipinski definition) is 2. The van der Waals surface area contributed by atoms with E-state index in [4.69, 9.17) is 4.52 Å². The Morgan fingerprint density at radius 1 is 0.543 bits per heavy atom. The fourth-order valence-corrected chi connectivity index (χ4v) is 5.10. The normalized spacial score (nSPS) is 12.1. The zero-order chi connectivity index (χ0) is 25.2. The lowest BCUT2D eigenvalue weighted by atomic mass is 9.76.